The molecule has 1 N–H and O–H groups in total. The molecule has 0 bridgehead atoms. The summed E-state index contributed by atoms with van der Waals surface area (Å²) in [5.41, 5.74) is 0. The number of nitrogens with zero attached hydrogens (tertiary/aromatic N) is 1. The van der Waals surface area contributed by atoms with Gasteiger partial charge in [0.2, 0.25) is 0 Å². The van der Waals surface area contributed by atoms with Crippen molar-refractivity contribution in [1.82, 2.24) is 0 Å². The molecule has 0 radical (unpaired) electrons. The Hall–Kier alpha value is -0.680. The molecule has 0 aliphatic carbocycles. The summed E-state index contributed by atoms with van der Waals surface area (Å²) in [6, 6.07) is 0. The van der Waals surface area contributed by atoms with Crippen LogP contribution in [0.25, 0.3) is 0 Å². The van der Waals surface area contributed by atoms with Crippen molar-refractivity contribution in [2.24, 2.45) is 0 Å². The van der Waals surface area contributed by atoms with E-state index in [9.17, 15) is 14.3 Å². The van der Waals surface area contributed by atoms with Gasteiger partial charge in [0.25, 0.3) is 0 Å². The summed E-state index contributed by atoms with van der Waals surface area (Å²) >= 11 is 0. The number of carbonyl (C=O) groups excluding carboxylic acids is 1. The lowest BCUT2D eigenvalue weighted by Gasteiger charge is -2.33. The second-order valence-electron chi connectivity index (χ2n) is 3.81. The fourth-order valence-corrected chi connectivity index (χ4v) is 2.12. The molecule has 0 aromatic carbocycles. The van der Waals surface area contributed by atoms with Crippen LogP contribution in [-0.2, 0) is 14.1 Å². The maximum atomic E-state index is 10.7. The van der Waals surface area contributed by atoms with Crippen LogP contribution in [-0.4, -0.2) is 48.9 Å². The fraction of sp³-hybridized carbons (Fsp3) is 0.625. The molecule has 0 rings (SSSR count). The van der Waals surface area contributed by atoms with Gasteiger partial charge in [0, 0.05) is 6.08 Å². The summed E-state index contributed by atoms with van der Waals surface area (Å²) in [6.07, 6.45) is 0.642. The SMILES string of the molecule is C=CC(=O)OCC[N+](C)(C)CP(=O)([O-])O. The third kappa shape index (κ3) is 8.32. The second kappa shape index (κ2) is 5.42. The molecule has 0 fully saturated rings. The molecule has 0 aromatic heterocycles. The Kier molecular flexibility index (Phi) is 5.17. The highest BCUT2D eigenvalue weighted by molar-refractivity contribution is 7.50. The van der Waals surface area contributed by atoms with E-state index in [1.807, 2.05) is 0 Å². The zero-order valence-corrected chi connectivity index (χ0v) is 9.77. The van der Waals surface area contributed by atoms with Crippen LogP contribution in [0, 0.1) is 0 Å². The first kappa shape index (κ1) is 14.3. The van der Waals surface area contributed by atoms with Crippen LogP contribution in [0.3, 0.4) is 0 Å². The standard InChI is InChI=1S/C8H16NO5P/c1-4-8(10)14-6-5-9(2,3)7-15(11,12)13/h4H,1,5-7H2,2-3H3,(H-,11,12,13). The number of quaternary nitrogens is 1. The quantitative estimate of drug-likeness (QED) is 0.285. The Morgan fingerprint density at radius 1 is 1.67 bits per heavy atom. The zero-order valence-electron chi connectivity index (χ0n) is 8.88. The first-order chi connectivity index (χ1) is 6.66. The lowest BCUT2D eigenvalue weighted by molar-refractivity contribution is -0.880. The summed E-state index contributed by atoms with van der Waals surface area (Å²) in [7, 11) is -1.07. The van der Waals surface area contributed by atoms with Gasteiger partial charge in [0.15, 0.2) is 7.60 Å². The Morgan fingerprint density at radius 2 is 2.20 bits per heavy atom. The Labute approximate surface area is 88.9 Å². The minimum absolute atomic E-state index is 0.0295. The lowest BCUT2D eigenvalue weighted by atomic mass is 10.5. The highest BCUT2D eigenvalue weighted by atomic mass is 31.2. The Balaban J connectivity index is 3.99. The van der Waals surface area contributed by atoms with Crippen LogP contribution in [0.2, 0.25) is 0 Å². The molecule has 0 amide bonds. The van der Waals surface area contributed by atoms with Gasteiger partial charge >= 0.3 is 5.97 Å². The van der Waals surface area contributed by atoms with E-state index in [0.29, 0.717) is 6.54 Å². The number of esters is 1. The average molecular weight is 237 g/mol. The van der Waals surface area contributed by atoms with E-state index in [1.54, 1.807) is 14.1 Å². The van der Waals surface area contributed by atoms with Crippen molar-refractivity contribution in [2.45, 2.75) is 0 Å². The minimum atomic E-state index is -4.30. The first-order valence-corrected chi connectivity index (χ1v) is 6.06. The van der Waals surface area contributed by atoms with Crippen molar-refractivity contribution in [3.05, 3.63) is 12.7 Å². The molecule has 0 aliphatic heterocycles. The van der Waals surface area contributed by atoms with Crippen molar-refractivity contribution in [3.8, 4) is 0 Å². The van der Waals surface area contributed by atoms with E-state index in [1.165, 1.54) is 0 Å². The van der Waals surface area contributed by atoms with Crippen LogP contribution < -0.4 is 4.89 Å². The molecule has 7 heteroatoms. The number of hydrogen-bond acceptors (Lipinski definition) is 4. The maximum absolute atomic E-state index is 10.7. The highest BCUT2D eigenvalue weighted by Crippen LogP contribution is 2.31. The van der Waals surface area contributed by atoms with Gasteiger partial charge in [0.05, 0.1) is 14.1 Å². The molecule has 1 unspecified atom stereocenters. The van der Waals surface area contributed by atoms with Gasteiger partial charge in [-0.05, 0) is 0 Å². The minimum Gasteiger partial charge on any atom is -0.775 e. The third-order valence-corrected chi connectivity index (χ3v) is 2.79. The van der Waals surface area contributed by atoms with Crippen molar-refractivity contribution in [2.75, 3.05) is 33.5 Å². The average Bonchev–Trinajstić information content (AvgIpc) is 1.98. The number of ether oxygens (including phenoxy) is 1. The van der Waals surface area contributed by atoms with E-state index >= 15 is 0 Å². The van der Waals surface area contributed by atoms with Crippen molar-refractivity contribution in [1.29, 1.82) is 0 Å². The summed E-state index contributed by atoms with van der Waals surface area (Å²) < 4.78 is 15.4. The molecule has 0 aliphatic rings. The summed E-state index contributed by atoms with van der Waals surface area (Å²) in [6.45, 7) is 3.60. The van der Waals surface area contributed by atoms with Crippen molar-refractivity contribution in [3.63, 3.8) is 0 Å². The van der Waals surface area contributed by atoms with Gasteiger partial charge < -0.3 is 23.6 Å². The molecule has 0 aromatic rings. The summed E-state index contributed by atoms with van der Waals surface area (Å²) in [5.74, 6) is -0.552. The number of hydrogen-bond donors (Lipinski definition) is 1. The van der Waals surface area contributed by atoms with Gasteiger partial charge in [0.1, 0.15) is 19.4 Å². The van der Waals surface area contributed by atoms with E-state index in [0.717, 1.165) is 6.08 Å². The zero-order chi connectivity index (χ0) is 12.1. The smallest absolute Gasteiger partial charge is 0.330 e. The van der Waals surface area contributed by atoms with Gasteiger partial charge in [-0.15, -0.1) is 0 Å². The summed E-state index contributed by atoms with van der Waals surface area (Å²) in [5, 5.41) is 0. The fourth-order valence-electron chi connectivity index (χ4n) is 1.01. The molecule has 0 saturated heterocycles. The number of likely N-dealkylation sites (N-methyl/N-ethyl adjacent to an activating group) is 1. The predicted molar refractivity (Wildman–Crippen MR) is 52.8 cm³/mol. The number of carbonyl (C=O) groups is 1. The topological polar surface area (TPSA) is 86.7 Å². The van der Waals surface area contributed by atoms with Crippen LogP contribution in [0.15, 0.2) is 12.7 Å². The van der Waals surface area contributed by atoms with Crippen LogP contribution in [0.1, 0.15) is 0 Å². The highest BCUT2D eigenvalue weighted by Gasteiger charge is 2.21. The van der Waals surface area contributed by atoms with E-state index in [-0.39, 0.29) is 11.1 Å². The van der Waals surface area contributed by atoms with Gasteiger partial charge in [-0.3, -0.25) is 0 Å². The number of rotatable bonds is 6. The van der Waals surface area contributed by atoms with Crippen molar-refractivity contribution < 1.29 is 28.4 Å². The molecule has 1 atom stereocenters. The van der Waals surface area contributed by atoms with Gasteiger partial charge in [-0.25, -0.2) is 4.79 Å². The maximum Gasteiger partial charge on any atom is 0.330 e. The predicted octanol–water partition coefficient (Wildman–Crippen LogP) is -0.705. The van der Waals surface area contributed by atoms with E-state index in [2.05, 4.69) is 6.58 Å². The molecule has 0 heterocycles. The monoisotopic (exact) mass is 237 g/mol. The molecular weight excluding hydrogens is 221 g/mol. The molecule has 88 valence electrons. The van der Waals surface area contributed by atoms with Gasteiger partial charge in [-0.2, -0.15) is 0 Å². The molecule has 0 spiro atoms. The second-order valence-corrected chi connectivity index (χ2v) is 5.37. The molecular formula is C8H16NO5P. The van der Waals surface area contributed by atoms with Gasteiger partial charge in [-0.1, -0.05) is 6.58 Å². The Morgan fingerprint density at radius 3 is 2.60 bits per heavy atom. The van der Waals surface area contributed by atoms with E-state index < -0.39 is 19.9 Å². The van der Waals surface area contributed by atoms with Crippen LogP contribution in [0.5, 0.6) is 0 Å². The molecule has 15 heavy (non-hydrogen) atoms. The summed E-state index contributed by atoms with van der Waals surface area (Å²) in [4.78, 5) is 30.0. The first-order valence-electron chi connectivity index (χ1n) is 4.30. The normalized spacial score (nSPS) is 15.5. The third-order valence-electron chi connectivity index (χ3n) is 1.67. The van der Waals surface area contributed by atoms with Crippen LogP contribution in [0.4, 0.5) is 0 Å². The lowest BCUT2D eigenvalue weighted by Crippen LogP contribution is -2.44. The molecule has 6 nitrogen and oxygen atoms in total. The van der Waals surface area contributed by atoms with Crippen LogP contribution >= 0.6 is 7.60 Å². The van der Waals surface area contributed by atoms with E-state index in [4.69, 9.17) is 9.63 Å². The largest absolute Gasteiger partial charge is 0.775 e. The Bertz CT molecular complexity index is 283. The van der Waals surface area contributed by atoms with Crippen molar-refractivity contribution >= 4 is 13.6 Å². The molecule has 0 saturated carbocycles.